The Morgan fingerprint density at radius 1 is 1.04 bits per heavy atom. The molecule has 0 fully saturated rings. The van der Waals surface area contributed by atoms with Crippen LogP contribution in [0.25, 0.3) is 0 Å². The quantitative estimate of drug-likeness (QED) is 0.478. The highest BCUT2D eigenvalue weighted by Gasteiger charge is 2.19. The number of hydrogen-bond acceptors (Lipinski definition) is 7. The number of rotatable bonds is 10. The van der Waals surface area contributed by atoms with Crippen LogP contribution in [-0.4, -0.2) is 40.5 Å². The first-order valence-electron chi connectivity index (χ1n) is 8.81. The molecule has 0 unspecified atom stereocenters. The summed E-state index contributed by atoms with van der Waals surface area (Å²) in [5.41, 5.74) is 2.87. The molecular formula is C20H25NO6S. The summed E-state index contributed by atoms with van der Waals surface area (Å²) >= 11 is 0. The molecule has 2 aromatic carbocycles. The second-order valence-corrected chi connectivity index (χ2v) is 7.73. The summed E-state index contributed by atoms with van der Waals surface area (Å²) in [6.45, 7) is 2.85. The van der Waals surface area contributed by atoms with Gasteiger partial charge in [0.05, 0.1) is 13.4 Å². The number of benzene rings is 2. The number of esters is 1. The summed E-state index contributed by atoms with van der Waals surface area (Å²) in [6, 6.07) is 14.5. The predicted molar refractivity (Wildman–Crippen MR) is 107 cm³/mol. The van der Waals surface area contributed by atoms with Gasteiger partial charge in [-0.25, -0.2) is 4.79 Å². The van der Waals surface area contributed by atoms with Crippen LogP contribution >= 0.6 is 0 Å². The molecule has 2 aromatic rings. The molecule has 0 aromatic heterocycles. The normalized spacial score (nSPS) is 12.2. The molecule has 0 radical (unpaired) electrons. The van der Waals surface area contributed by atoms with Crippen LogP contribution in [0.3, 0.4) is 0 Å². The largest absolute Gasteiger partial charge is 0.467 e. The maximum absolute atomic E-state index is 11.7. The Morgan fingerprint density at radius 3 is 2.18 bits per heavy atom. The van der Waals surface area contributed by atoms with E-state index in [0.717, 1.165) is 23.1 Å². The lowest BCUT2D eigenvalue weighted by molar-refractivity contribution is -0.153. The van der Waals surface area contributed by atoms with Gasteiger partial charge >= 0.3 is 16.1 Å². The molecule has 1 atom stereocenters. The molecule has 0 aliphatic carbocycles. The molecule has 8 heteroatoms. The van der Waals surface area contributed by atoms with Crippen molar-refractivity contribution in [1.29, 1.82) is 0 Å². The first-order chi connectivity index (χ1) is 13.3. The first kappa shape index (κ1) is 21.7. The third kappa shape index (κ3) is 7.21. The van der Waals surface area contributed by atoms with Crippen molar-refractivity contribution in [2.45, 2.75) is 26.0 Å². The van der Waals surface area contributed by atoms with Crippen molar-refractivity contribution in [3.8, 4) is 5.75 Å². The summed E-state index contributed by atoms with van der Waals surface area (Å²) < 4.78 is 37.2. The van der Waals surface area contributed by atoms with Crippen LogP contribution in [0.15, 0.2) is 48.5 Å². The SMILES string of the molecule is CCO[C@@H](Cc1ccc(NCc2ccc(OS(C)(=O)=O)cc2)cc1)C(=O)OC. The van der Waals surface area contributed by atoms with Crippen molar-refractivity contribution in [3.05, 3.63) is 59.7 Å². The van der Waals surface area contributed by atoms with Crippen molar-refractivity contribution in [2.24, 2.45) is 0 Å². The Balaban J connectivity index is 1.91. The number of nitrogens with one attached hydrogen (secondary N) is 1. The second kappa shape index (κ2) is 10.1. The molecule has 0 saturated heterocycles. The van der Waals surface area contributed by atoms with E-state index >= 15 is 0 Å². The smallest absolute Gasteiger partial charge is 0.335 e. The fourth-order valence-electron chi connectivity index (χ4n) is 2.56. The molecule has 0 heterocycles. The standard InChI is InChI=1S/C20H25NO6S/c1-4-26-19(20(22)25-2)13-15-5-9-17(10-6-15)21-14-16-7-11-18(12-8-16)27-28(3,23)24/h5-12,19,21H,4,13-14H2,1-3H3/t19-/m0/s1. The lowest BCUT2D eigenvalue weighted by Gasteiger charge is -2.15. The Hall–Kier alpha value is -2.58. The van der Waals surface area contributed by atoms with Gasteiger partial charge in [-0.05, 0) is 42.3 Å². The van der Waals surface area contributed by atoms with Gasteiger partial charge in [0.2, 0.25) is 0 Å². The summed E-state index contributed by atoms with van der Waals surface area (Å²) in [6.07, 6.45) is 0.845. The highest BCUT2D eigenvalue weighted by Crippen LogP contribution is 2.17. The van der Waals surface area contributed by atoms with E-state index < -0.39 is 16.2 Å². The summed E-state index contributed by atoms with van der Waals surface area (Å²) in [7, 11) is -2.17. The minimum absolute atomic E-state index is 0.282. The van der Waals surface area contributed by atoms with E-state index in [-0.39, 0.29) is 11.7 Å². The average Bonchev–Trinajstić information content (AvgIpc) is 2.66. The predicted octanol–water partition coefficient (Wildman–Crippen LogP) is 2.76. The van der Waals surface area contributed by atoms with Gasteiger partial charge in [-0.3, -0.25) is 0 Å². The molecule has 1 N–H and O–H groups in total. The summed E-state index contributed by atoms with van der Waals surface area (Å²) in [5, 5.41) is 3.29. The lowest BCUT2D eigenvalue weighted by atomic mass is 10.1. The Labute approximate surface area is 165 Å². The molecule has 152 valence electrons. The van der Waals surface area contributed by atoms with Gasteiger partial charge in [-0.15, -0.1) is 0 Å². The molecule has 0 saturated carbocycles. The van der Waals surface area contributed by atoms with Gasteiger partial charge in [-0.1, -0.05) is 24.3 Å². The van der Waals surface area contributed by atoms with E-state index in [0.29, 0.717) is 19.6 Å². The lowest BCUT2D eigenvalue weighted by Crippen LogP contribution is -2.28. The maximum Gasteiger partial charge on any atom is 0.335 e. The van der Waals surface area contributed by atoms with Gasteiger partial charge in [0, 0.05) is 25.3 Å². The monoisotopic (exact) mass is 407 g/mol. The van der Waals surface area contributed by atoms with E-state index in [1.165, 1.54) is 7.11 Å². The van der Waals surface area contributed by atoms with Crippen LogP contribution in [0.1, 0.15) is 18.1 Å². The van der Waals surface area contributed by atoms with Gasteiger partial charge in [0.25, 0.3) is 0 Å². The third-order valence-electron chi connectivity index (χ3n) is 3.87. The molecule has 0 bridgehead atoms. The minimum atomic E-state index is -3.52. The molecule has 28 heavy (non-hydrogen) atoms. The van der Waals surface area contributed by atoms with Crippen LogP contribution in [0.5, 0.6) is 5.75 Å². The molecule has 0 amide bonds. The van der Waals surface area contributed by atoms with Gasteiger partial charge in [-0.2, -0.15) is 8.42 Å². The molecule has 0 aliphatic heterocycles. The van der Waals surface area contributed by atoms with Crippen molar-refractivity contribution >= 4 is 21.8 Å². The Morgan fingerprint density at radius 2 is 1.64 bits per heavy atom. The number of methoxy groups -OCH3 is 1. The fraction of sp³-hybridized carbons (Fsp3) is 0.350. The first-order valence-corrected chi connectivity index (χ1v) is 10.6. The van der Waals surface area contributed by atoms with E-state index in [1.54, 1.807) is 24.3 Å². The van der Waals surface area contributed by atoms with Crippen molar-refractivity contribution in [2.75, 3.05) is 25.3 Å². The molecule has 7 nitrogen and oxygen atoms in total. The van der Waals surface area contributed by atoms with Crippen molar-refractivity contribution in [1.82, 2.24) is 0 Å². The van der Waals surface area contributed by atoms with Crippen LogP contribution < -0.4 is 9.50 Å². The average molecular weight is 407 g/mol. The van der Waals surface area contributed by atoms with Crippen LogP contribution in [-0.2, 0) is 37.4 Å². The van der Waals surface area contributed by atoms with E-state index in [2.05, 4.69) is 5.32 Å². The zero-order valence-corrected chi connectivity index (χ0v) is 17.0. The van der Waals surface area contributed by atoms with E-state index in [4.69, 9.17) is 13.7 Å². The highest BCUT2D eigenvalue weighted by atomic mass is 32.2. The van der Waals surface area contributed by atoms with Crippen molar-refractivity contribution in [3.63, 3.8) is 0 Å². The Bertz CT molecular complexity index is 863. The van der Waals surface area contributed by atoms with Gasteiger partial charge in [0.15, 0.2) is 6.10 Å². The number of carbonyl (C=O) groups is 1. The number of hydrogen-bond donors (Lipinski definition) is 1. The minimum Gasteiger partial charge on any atom is -0.467 e. The topological polar surface area (TPSA) is 90.9 Å². The van der Waals surface area contributed by atoms with Crippen LogP contribution in [0, 0.1) is 0 Å². The fourth-order valence-corrected chi connectivity index (χ4v) is 3.02. The maximum atomic E-state index is 11.7. The number of anilines is 1. The Kier molecular flexibility index (Phi) is 7.83. The van der Waals surface area contributed by atoms with Crippen LogP contribution in [0.4, 0.5) is 5.69 Å². The number of ether oxygens (including phenoxy) is 2. The summed E-state index contributed by atoms with van der Waals surface area (Å²) in [4.78, 5) is 11.7. The number of carbonyl (C=O) groups excluding carboxylic acids is 1. The van der Waals surface area contributed by atoms with Crippen LogP contribution in [0.2, 0.25) is 0 Å². The van der Waals surface area contributed by atoms with Gasteiger partial charge < -0.3 is 19.0 Å². The second-order valence-electron chi connectivity index (χ2n) is 6.15. The zero-order chi connectivity index (χ0) is 20.6. The third-order valence-corrected chi connectivity index (χ3v) is 4.37. The van der Waals surface area contributed by atoms with Gasteiger partial charge in [0.1, 0.15) is 5.75 Å². The molecule has 0 aliphatic rings. The highest BCUT2D eigenvalue weighted by molar-refractivity contribution is 7.86. The molecule has 0 spiro atoms. The van der Waals surface area contributed by atoms with E-state index in [1.807, 2.05) is 31.2 Å². The van der Waals surface area contributed by atoms with Crippen molar-refractivity contribution < 1.29 is 26.9 Å². The molecule has 2 rings (SSSR count). The summed E-state index contributed by atoms with van der Waals surface area (Å²) in [5.74, 6) is -0.0996. The molecular weight excluding hydrogens is 382 g/mol. The zero-order valence-electron chi connectivity index (χ0n) is 16.2. The van der Waals surface area contributed by atoms with E-state index in [9.17, 15) is 13.2 Å².